The van der Waals surface area contributed by atoms with Crippen LogP contribution < -0.4 is 4.90 Å². The molecular formula is C15H18ClNO4. The molecule has 1 saturated heterocycles. The Morgan fingerprint density at radius 1 is 1.38 bits per heavy atom. The number of halogens is 1. The number of carbonyl (C=O) groups excluding carboxylic acids is 1. The lowest BCUT2D eigenvalue weighted by Gasteiger charge is -2.26. The zero-order valence-electron chi connectivity index (χ0n) is 11.6. The third-order valence-electron chi connectivity index (χ3n) is 3.39. The third kappa shape index (κ3) is 4.72. The van der Waals surface area contributed by atoms with Gasteiger partial charge in [0.25, 0.3) is 0 Å². The fourth-order valence-electron chi connectivity index (χ4n) is 2.38. The van der Waals surface area contributed by atoms with Crippen LogP contribution in [-0.2, 0) is 14.3 Å². The maximum atomic E-state index is 12.4. The Kier molecular flexibility index (Phi) is 5.59. The molecule has 0 saturated carbocycles. The number of amides is 1. The Hall–Kier alpha value is -1.59. The largest absolute Gasteiger partial charge is 0.480 e. The first-order valence-corrected chi connectivity index (χ1v) is 7.33. The number of hydrogen-bond acceptors (Lipinski definition) is 3. The molecule has 5 nitrogen and oxygen atoms in total. The van der Waals surface area contributed by atoms with Crippen LogP contribution >= 0.6 is 11.6 Å². The Morgan fingerprint density at radius 3 is 2.81 bits per heavy atom. The Morgan fingerprint density at radius 2 is 2.19 bits per heavy atom. The SMILES string of the molecule is O=C(O)CN(C(=O)CC1CCCCO1)c1cccc(Cl)c1. The zero-order valence-corrected chi connectivity index (χ0v) is 12.4. The Bertz CT molecular complexity index is 514. The number of carbonyl (C=O) groups is 2. The normalized spacial score (nSPS) is 18.2. The van der Waals surface area contributed by atoms with Gasteiger partial charge in [0.2, 0.25) is 5.91 Å². The minimum Gasteiger partial charge on any atom is -0.480 e. The van der Waals surface area contributed by atoms with Gasteiger partial charge in [0, 0.05) is 17.3 Å². The van der Waals surface area contributed by atoms with Gasteiger partial charge in [-0.15, -0.1) is 0 Å². The summed E-state index contributed by atoms with van der Waals surface area (Å²) in [5.74, 6) is -1.32. The first-order valence-electron chi connectivity index (χ1n) is 6.95. The lowest BCUT2D eigenvalue weighted by atomic mass is 10.1. The first kappa shape index (κ1) is 15.8. The van der Waals surface area contributed by atoms with Crippen molar-refractivity contribution in [1.29, 1.82) is 0 Å². The van der Waals surface area contributed by atoms with Crippen molar-refractivity contribution >= 4 is 29.2 Å². The topological polar surface area (TPSA) is 66.8 Å². The van der Waals surface area contributed by atoms with Crippen LogP contribution in [-0.4, -0.2) is 36.2 Å². The number of benzene rings is 1. The summed E-state index contributed by atoms with van der Waals surface area (Å²) in [6, 6.07) is 6.63. The molecule has 2 rings (SSSR count). The fraction of sp³-hybridized carbons (Fsp3) is 0.467. The van der Waals surface area contributed by atoms with E-state index in [1.807, 2.05) is 0 Å². The fourth-order valence-corrected chi connectivity index (χ4v) is 2.56. The summed E-state index contributed by atoms with van der Waals surface area (Å²) in [5.41, 5.74) is 0.491. The molecule has 1 aliphatic heterocycles. The van der Waals surface area contributed by atoms with Gasteiger partial charge in [-0.2, -0.15) is 0 Å². The summed E-state index contributed by atoms with van der Waals surface area (Å²) in [7, 11) is 0. The molecule has 21 heavy (non-hydrogen) atoms. The Labute approximate surface area is 128 Å². The number of hydrogen-bond donors (Lipinski definition) is 1. The van der Waals surface area contributed by atoms with Gasteiger partial charge in [-0.3, -0.25) is 9.59 Å². The van der Waals surface area contributed by atoms with Gasteiger partial charge in [0.05, 0.1) is 12.5 Å². The quantitative estimate of drug-likeness (QED) is 0.908. The van der Waals surface area contributed by atoms with Gasteiger partial charge in [0.1, 0.15) is 6.54 Å². The number of rotatable bonds is 5. The van der Waals surface area contributed by atoms with Gasteiger partial charge < -0.3 is 14.7 Å². The minimum atomic E-state index is -1.06. The summed E-state index contributed by atoms with van der Waals surface area (Å²) >= 11 is 5.91. The minimum absolute atomic E-state index is 0.123. The van der Waals surface area contributed by atoms with E-state index in [9.17, 15) is 9.59 Å². The van der Waals surface area contributed by atoms with E-state index in [1.54, 1.807) is 24.3 Å². The molecule has 1 aromatic rings. The molecule has 0 spiro atoms. The number of ether oxygens (including phenoxy) is 1. The van der Waals surface area contributed by atoms with Crippen molar-refractivity contribution in [3.05, 3.63) is 29.3 Å². The predicted octanol–water partition coefficient (Wildman–Crippen LogP) is 2.72. The summed E-state index contributed by atoms with van der Waals surface area (Å²) < 4.78 is 5.54. The standard InChI is InChI=1S/C15H18ClNO4/c16-11-4-3-5-12(8-11)17(10-15(19)20)14(18)9-13-6-1-2-7-21-13/h3-5,8,13H,1-2,6-7,9-10H2,(H,19,20). The molecule has 1 aliphatic rings. The van der Waals surface area contributed by atoms with E-state index >= 15 is 0 Å². The molecule has 1 N–H and O–H groups in total. The van der Waals surface area contributed by atoms with E-state index < -0.39 is 5.97 Å². The average molecular weight is 312 g/mol. The number of anilines is 1. The highest BCUT2D eigenvalue weighted by Crippen LogP contribution is 2.22. The van der Waals surface area contributed by atoms with E-state index in [4.69, 9.17) is 21.4 Å². The van der Waals surface area contributed by atoms with Crippen LogP contribution in [0.5, 0.6) is 0 Å². The molecule has 1 amide bonds. The molecule has 0 aliphatic carbocycles. The van der Waals surface area contributed by atoms with Crippen molar-refractivity contribution in [2.24, 2.45) is 0 Å². The molecule has 1 aromatic carbocycles. The first-order chi connectivity index (χ1) is 10.1. The zero-order chi connectivity index (χ0) is 15.2. The van der Waals surface area contributed by atoms with Crippen molar-refractivity contribution in [3.8, 4) is 0 Å². The number of carboxylic acid groups (broad SMARTS) is 1. The number of nitrogens with zero attached hydrogens (tertiary/aromatic N) is 1. The lowest BCUT2D eigenvalue weighted by molar-refractivity contribution is -0.137. The number of carboxylic acids is 1. The van der Waals surface area contributed by atoms with Gasteiger partial charge in [-0.1, -0.05) is 17.7 Å². The highest BCUT2D eigenvalue weighted by molar-refractivity contribution is 6.30. The van der Waals surface area contributed by atoms with E-state index in [-0.39, 0.29) is 25.0 Å². The molecule has 1 atom stereocenters. The van der Waals surface area contributed by atoms with E-state index in [0.29, 0.717) is 17.3 Å². The molecule has 1 heterocycles. The van der Waals surface area contributed by atoms with Crippen LogP contribution in [0.4, 0.5) is 5.69 Å². The summed E-state index contributed by atoms with van der Waals surface area (Å²) in [6.07, 6.45) is 2.95. The van der Waals surface area contributed by atoms with E-state index in [0.717, 1.165) is 19.3 Å². The highest BCUT2D eigenvalue weighted by atomic mass is 35.5. The second-order valence-electron chi connectivity index (χ2n) is 5.05. The molecule has 114 valence electrons. The van der Waals surface area contributed by atoms with Crippen molar-refractivity contribution < 1.29 is 19.4 Å². The Balaban J connectivity index is 2.11. The molecule has 0 radical (unpaired) electrons. The van der Waals surface area contributed by atoms with Gasteiger partial charge >= 0.3 is 5.97 Å². The molecule has 6 heteroatoms. The van der Waals surface area contributed by atoms with E-state index in [2.05, 4.69) is 0 Å². The highest BCUT2D eigenvalue weighted by Gasteiger charge is 2.24. The van der Waals surface area contributed by atoms with Crippen molar-refractivity contribution in [1.82, 2.24) is 0 Å². The van der Waals surface area contributed by atoms with Crippen molar-refractivity contribution in [3.63, 3.8) is 0 Å². The van der Waals surface area contributed by atoms with Crippen LogP contribution in [0.15, 0.2) is 24.3 Å². The molecule has 1 unspecified atom stereocenters. The van der Waals surface area contributed by atoms with Gasteiger partial charge in [-0.05, 0) is 37.5 Å². The second kappa shape index (κ2) is 7.43. The number of aliphatic carboxylic acids is 1. The maximum Gasteiger partial charge on any atom is 0.323 e. The summed E-state index contributed by atoms with van der Waals surface area (Å²) in [6.45, 7) is 0.278. The molecular weight excluding hydrogens is 294 g/mol. The lowest BCUT2D eigenvalue weighted by Crippen LogP contribution is -2.38. The van der Waals surface area contributed by atoms with Crippen LogP contribution in [0.3, 0.4) is 0 Å². The predicted molar refractivity (Wildman–Crippen MR) is 79.6 cm³/mol. The third-order valence-corrected chi connectivity index (χ3v) is 3.63. The molecule has 1 fully saturated rings. The van der Waals surface area contributed by atoms with E-state index in [1.165, 1.54) is 4.90 Å². The van der Waals surface area contributed by atoms with Gasteiger partial charge in [0.15, 0.2) is 0 Å². The van der Waals surface area contributed by atoms with Crippen LogP contribution in [0.25, 0.3) is 0 Å². The van der Waals surface area contributed by atoms with Crippen molar-refractivity contribution in [2.45, 2.75) is 31.8 Å². The average Bonchev–Trinajstić information content (AvgIpc) is 2.45. The monoisotopic (exact) mass is 311 g/mol. The second-order valence-corrected chi connectivity index (χ2v) is 5.48. The molecule has 0 aromatic heterocycles. The van der Waals surface area contributed by atoms with Crippen LogP contribution in [0.2, 0.25) is 5.02 Å². The van der Waals surface area contributed by atoms with Crippen LogP contribution in [0, 0.1) is 0 Å². The summed E-state index contributed by atoms with van der Waals surface area (Å²) in [5, 5.41) is 9.47. The smallest absolute Gasteiger partial charge is 0.323 e. The maximum absolute atomic E-state index is 12.4. The molecule has 0 bridgehead atoms. The van der Waals surface area contributed by atoms with Crippen LogP contribution in [0.1, 0.15) is 25.7 Å². The van der Waals surface area contributed by atoms with Gasteiger partial charge in [-0.25, -0.2) is 0 Å². The summed E-state index contributed by atoms with van der Waals surface area (Å²) in [4.78, 5) is 24.6. The van der Waals surface area contributed by atoms with Crippen molar-refractivity contribution in [2.75, 3.05) is 18.1 Å².